The Balaban J connectivity index is 1.73. The van der Waals surface area contributed by atoms with E-state index >= 15 is 0 Å². The molecular weight excluding hydrogens is 404 g/mol. The van der Waals surface area contributed by atoms with Crippen LogP contribution >= 0.6 is 11.8 Å². The number of hydrogen-bond donors (Lipinski definition) is 1. The fraction of sp³-hybridized carbons (Fsp3) is 0.227. The second-order valence-corrected chi connectivity index (χ2v) is 7.25. The molecule has 0 unspecified atom stereocenters. The SMILES string of the molecule is CCOc1ccc(/C=C2\SC(=O)N(CC(=O)Nc3ccccc3)C2=O)cc1OCC. The standard InChI is InChI=1S/C22H22N2O5S/c1-3-28-17-11-10-15(12-18(17)29-4-2)13-19-21(26)24(22(27)30-19)14-20(25)23-16-8-6-5-7-9-16/h5-13H,3-4,14H2,1-2H3,(H,23,25)/b19-13-. The Morgan fingerprint density at radius 3 is 2.43 bits per heavy atom. The van der Waals surface area contributed by atoms with Gasteiger partial charge in [0.15, 0.2) is 11.5 Å². The molecule has 0 atom stereocenters. The van der Waals surface area contributed by atoms with Crippen molar-refractivity contribution in [1.82, 2.24) is 4.90 Å². The summed E-state index contributed by atoms with van der Waals surface area (Å²) >= 11 is 0.805. The number of hydrogen-bond acceptors (Lipinski definition) is 6. The number of nitrogens with one attached hydrogen (secondary N) is 1. The van der Waals surface area contributed by atoms with Crippen molar-refractivity contribution >= 4 is 40.6 Å². The topological polar surface area (TPSA) is 84.9 Å². The Labute approximate surface area is 179 Å². The van der Waals surface area contributed by atoms with Gasteiger partial charge in [-0.3, -0.25) is 19.3 Å². The molecule has 0 spiro atoms. The molecule has 3 rings (SSSR count). The van der Waals surface area contributed by atoms with Crippen molar-refractivity contribution < 1.29 is 23.9 Å². The van der Waals surface area contributed by atoms with E-state index in [2.05, 4.69) is 5.32 Å². The number of carbonyl (C=O) groups excluding carboxylic acids is 3. The zero-order chi connectivity index (χ0) is 21.5. The second-order valence-electron chi connectivity index (χ2n) is 6.25. The first-order valence-electron chi connectivity index (χ1n) is 9.51. The maximum atomic E-state index is 12.7. The van der Waals surface area contributed by atoms with Gasteiger partial charge in [0, 0.05) is 5.69 Å². The highest BCUT2D eigenvalue weighted by Gasteiger charge is 2.36. The summed E-state index contributed by atoms with van der Waals surface area (Å²) < 4.78 is 11.1. The minimum atomic E-state index is -0.500. The van der Waals surface area contributed by atoms with E-state index in [1.54, 1.807) is 48.5 Å². The summed E-state index contributed by atoms with van der Waals surface area (Å²) in [6.07, 6.45) is 1.61. The van der Waals surface area contributed by atoms with E-state index in [-0.39, 0.29) is 11.4 Å². The Bertz CT molecular complexity index is 975. The lowest BCUT2D eigenvalue weighted by Gasteiger charge is -2.12. The molecule has 1 saturated heterocycles. The first-order valence-corrected chi connectivity index (χ1v) is 10.3. The number of ether oxygens (including phenoxy) is 2. The second kappa shape index (κ2) is 9.98. The Morgan fingerprint density at radius 1 is 1.03 bits per heavy atom. The van der Waals surface area contributed by atoms with Gasteiger partial charge in [-0.2, -0.15) is 0 Å². The third-order valence-electron chi connectivity index (χ3n) is 4.10. The van der Waals surface area contributed by atoms with Crippen LogP contribution in [0.3, 0.4) is 0 Å². The smallest absolute Gasteiger partial charge is 0.294 e. The van der Waals surface area contributed by atoms with Crippen molar-refractivity contribution in [2.24, 2.45) is 0 Å². The molecule has 0 aromatic heterocycles. The van der Waals surface area contributed by atoms with E-state index in [0.717, 1.165) is 16.7 Å². The lowest BCUT2D eigenvalue weighted by atomic mass is 10.2. The van der Waals surface area contributed by atoms with Gasteiger partial charge in [0.2, 0.25) is 5.91 Å². The van der Waals surface area contributed by atoms with Gasteiger partial charge in [-0.1, -0.05) is 24.3 Å². The van der Waals surface area contributed by atoms with Gasteiger partial charge < -0.3 is 14.8 Å². The summed E-state index contributed by atoms with van der Waals surface area (Å²) in [4.78, 5) is 38.4. The van der Waals surface area contributed by atoms with Crippen molar-refractivity contribution in [3.8, 4) is 11.5 Å². The van der Waals surface area contributed by atoms with Crippen LogP contribution in [-0.2, 0) is 9.59 Å². The van der Waals surface area contributed by atoms with E-state index in [4.69, 9.17) is 9.47 Å². The van der Waals surface area contributed by atoms with E-state index in [0.29, 0.717) is 36.0 Å². The summed E-state index contributed by atoms with van der Waals surface area (Å²) in [5.41, 5.74) is 1.30. The molecule has 0 radical (unpaired) electrons. The summed E-state index contributed by atoms with van der Waals surface area (Å²) in [5.74, 6) is 0.237. The molecular formula is C22H22N2O5S. The third-order valence-corrected chi connectivity index (χ3v) is 5.01. The molecule has 1 fully saturated rings. The van der Waals surface area contributed by atoms with Gasteiger partial charge in [-0.05, 0) is 61.5 Å². The highest BCUT2D eigenvalue weighted by Crippen LogP contribution is 2.34. The highest BCUT2D eigenvalue weighted by molar-refractivity contribution is 8.18. The molecule has 0 aliphatic carbocycles. The predicted molar refractivity (Wildman–Crippen MR) is 117 cm³/mol. The van der Waals surface area contributed by atoms with Gasteiger partial charge in [0.1, 0.15) is 6.54 Å². The number of thioether (sulfide) groups is 1. The normalized spacial score (nSPS) is 14.9. The van der Waals surface area contributed by atoms with E-state index in [1.165, 1.54) is 0 Å². The van der Waals surface area contributed by atoms with Crippen LogP contribution in [0.2, 0.25) is 0 Å². The Morgan fingerprint density at radius 2 is 1.73 bits per heavy atom. The monoisotopic (exact) mass is 426 g/mol. The summed E-state index contributed by atoms with van der Waals surface area (Å²) in [6.45, 7) is 4.38. The number of benzene rings is 2. The van der Waals surface area contributed by atoms with Crippen LogP contribution in [0.4, 0.5) is 10.5 Å². The van der Waals surface area contributed by atoms with Crippen molar-refractivity contribution in [2.45, 2.75) is 13.8 Å². The average Bonchev–Trinajstić information content (AvgIpc) is 2.98. The van der Waals surface area contributed by atoms with E-state index in [1.807, 2.05) is 19.9 Å². The minimum absolute atomic E-state index is 0.249. The summed E-state index contributed by atoms with van der Waals surface area (Å²) in [6, 6.07) is 14.2. The number of anilines is 1. The van der Waals surface area contributed by atoms with Crippen LogP contribution in [0.5, 0.6) is 11.5 Å². The zero-order valence-corrected chi connectivity index (χ0v) is 17.5. The molecule has 2 aromatic rings. The van der Waals surface area contributed by atoms with Crippen molar-refractivity contribution in [3.63, 3.8) is 0 Å². The highest BCUT2D eigenvalue weighted by atomic mass is 32.2. The van der Waals surface area contributed by atoms with Gasteiger partial charge in [0.05, 0.1) is 18.1 Å². The molecule has 7 nitrogen and oxygen atoms in total. The van der Waals surface area contributed by atoms with Crippen LogP contribution in [0, 0.1) is 0 Å². The Hall–Kier alpha value is -3.26. The fourth-order valence-corrected chi connectivity index (χ4v) is 3.65. The Kier molecular flexibility index (Phi) is 7.13. The molecule has 1 aliphatic heterocycles. The van der Waals surface area contributed by atoms with Crippen LogP contribution < -0.4 is 14.8 Å². The fourth-order valence-electron chi connectivity index (χ4n) is 2.81. The first-order chi connectivity index (χ1) is 14.5. The molecule has 2 aromatic carbocycles. The number of rotatable bonds is 8. The quantitative estimate of drug-likeness (QED) is 0.638. The average molecular weight is 426 g/mol. The van der Waals surface area contributed by atoms with Crippen molar-refractivity contribution in [1.29, 1.82) is 0 Å². The number of nitrogens with zero attached hydrogens (tertiary/aromatic N) is 1. The van der Waals surface area contributed by atoms with Gasteiger partial charge in [-0.15, -0.1) is 0 Å². The molecule has 0 saturated carbocycles. The molecule has 30 heavy (non-hydrogen) atoms. The lowest BCUT2D eigenvalue weighted by Crippen LogP contribution is -2.36. The van der Waals surface area contributed by atoms with E-state index in [9.17, 15) is 14.4 Å². The number of imide groups is 1. The summed E-state index contributed by atoms with van der Waals surface area (Å²) in [5, 5.41) is 2.19. The third kappa shape index (κ3) is 5.21. The summed E-state index contributed by atoms with van der Waals surface area (Å²) in [7, 11) is 0. The minimum Gasteiger partial charge on any atom is -0.490 e. The lowest BCUT2D eigenvalue weighted by molar-refractivity contribution is -0.127. The van der Waals surface area contributed by atoms with Crippen LogP contribution in [0.25, 0.3) is 6.08 Å². The van der Waals surface area contributed by atoms with Crippen molar-refractivity contribution in [3.05, 3.63) is 59.0 Å². The van der Waals surface area contributed by atoms with Gasteiger partial charge in [0.25, 0.3) is 11.1 Å². The maximum absolute atomic E-state index is 12.7. The molecule has 8 heteroatoms. The van der Waals surface area contributed by atoms with Crippen LogP contribution in [0.1, 0.15) is 19.4 Å². The number of amides is 3. The van der Waals surface area contributed by atoms with Crippen molar-refractivity contribution in [2.75, 3.05) is 25.1 Å². The molecule has 1 aliphatic rings. The first kappa shape index (κ1) is 21.4. The molecule has 3 amide bonds. The number of para-hydroxylation sites is 1. The van der Waals surface area contributed by atoms with Gasteiger partial charge in [-0.25, -0.2) is 0 Å². The molecule has 1 N–H and O–H groups in total. The molecule has 0 bridgehead atoms. The zero-order valence-electron chi connectivity index (χ0n) is 16.7. The largest absolute Gasteiger partial charge is 0.490 e. The molecule has 156 valence electrons. The van der Waals surface area contributed by atoms with E-state index < -0.39 is 17.1 Å². The maximum Gasteiger partial charge on any atom is 0.294 e. The van der Waals surface area contributed by atoms with Gasteiger partial charge >= 0.3 is 0 Å². The van der Waals surface area contributed by atoms with Crippen LogP contribution in [0.15, 0.2) is 53.4 Å². The van der Waals surface area contributed by atoms with Crippen LogP contribution in [-0.4, -0.2) is 41.7 Å². The number of carbonyl (C=O) groups is 3. The predicted octanol–water partition coefficient (Wildman–Crippen LogP) is 4.16. The molecule has 1 heterocycles.